The molecule has 1 atom stereocenters. The third-order valence-corrected chi connectivity index (χ3v) is 4.20. The number of hydrogen-bond donors (Lipinski definition) is 1. The van der Waals surface area contributed by atoms with E-state index in [0.717, 1.165) is 23.6 Å². The van der Waals surface area contributed by atoms with Crippen LogP contribution in [0, 0.1) is 0 Å². The monoisotopic (exact) mass is 258 g/mol. The molecular formula is C15H22N4. The number of aromatic nitrogens is 3. The molecule has 1 saturated carbocycles. The fourth-order valence-electron chi connectivity index (χ4n) is 2.78. The molecule has 0 aliphatic heterocycles. The molecule has 1 fully saturated rings. The number of fused-ring (bicyclic) bond motifs is 1. The Morgan fingerprint density at radius 2 is 2.21 bits per heavy atom. The van der Waals surface area contributed by atoms with Crippen molar-refractivity contribution < 1.29 is 0 Å². The number of nitrogens with zero attached hydrogens (tertiary/aromatic N) is 3. The van der Waals surface area contributed by atoms with Crippen molar-refractivity contribution in [2.24, 2.45) is 0 Å². The van der Waals surface area contributed by atoms with Gasteiger partial charge in [0.1, 0.15) is 5.82 Å². The average molecular weight is 258 g/mol. The molecule has 3 rings (SSSR count). The zero-order chi connectivity index (χ0) is 13.2. The van der Waals surface area contributed by atoms with Crippen LogP contribution < -0.4 is 5.32 Å². The molecule has 2 aromatic rings. The molecule has 1 aliphatic rings. The largest absolute Gasteiger partial charge is 0.367 e. The van der Waals surface area contributed by atoms with E-state index < -0.39 is 0 Å². The van der Waals surface area contributed by atoms with Gasteiger partial charge in [-0.15, -0.1) is 0 Å². The van der Waals surface area contributed by atoms with Crippen LogP contribution in [0.4, 0.5) is 5.82 Å². The second kappa shape index (κ2) is 5.19. The highest BCUT2D eigenvalue weighted by molar-refractivity contribution is 5.50. The summed E-state index contributed by atoms with van der Waals surface area (Å²) < 4.78 is 1.92. The highest BCUT2D eigenvalue weighted by Gasteiger charge is 2.17. The minimum absolute atomic E-state index is 0.490. The van der Waals surface area contributed by atoms with Crippen LogP contribution in [-0.2, 0) is 0 Å². The predicted octanol–water partition coefficient (Wildman–Crippen LogP) is 3.60. The van der Waals surface area contributed by atoms with E-state index in [4.69, 9.17) is 4.98 Å². The van der Waals surface area contributed by atoms with Crippen LogP contribution in [0.2, 0.25) is 0 Å². The van der Waals surface area contributed by atoms with Crippen LogP contribution in [-0.4, -0.2) is 20.6 Å². The van der Waals surface area contributed by atoms with Gasteiger partial charge in [0.25, 0.3) is 0 Å². The highest BCUT2D eigenvalue weighted by atomic mass is 15.3. The summed E-state index contributed by atoms with van der Waals surface area (Å²) in [5.74, 6) is 1.58. The molecule has 0 amide bonds. The van der Waals surface area contributed by atoms with Gasteiger partial charge in [-0.25, -0.2) is 4.98 Å². The van der Waals surface area contributed by atoms with E-state index in [9.17, 15) is 0 Å². The first-order valence-corrected chi connectivity index (χ1v) is 7.39. The van der Waals surface area contributed by atoms with E-state index in [0.29, 0.717) is 12.0 Å². The normalized spacial score (nSPS) is 18.0. The van der Waals surface area contributed by atoms with Gasteiger partial charge in [0.2, 0.25) is 0 Å². The summed E-state index contributed by atoms with van der Waals surface area (Å²) >= 11 is 0. The first kappa shape index (κ1) is 12.5. The second-order valence-electron chi connectivity index (χ2n) is 5.60. The number of hydrogen-bond acceptors (Lipinski definition) is 3. The Labute approximate surface area is 114 Å². The summed E-state index contributed by atoms with van der Waals surface area (Å²) in [6, 6.07) is 4.75. The fourth-order valence-corrected chi connectivity index (χ4v) is 2.78. The van der Waals surface area contributed by atoms with Crippen molar-refractivity contribution in [1.82, 2.24) is 14.6 Å². The third-order valence-electron chi connectivity index (χ3n) is 4.20. The molecule has 0 bridgehead atoms. The maximum absolute atomic E-state index is 4.70. The molecule has 1 unspecified atom stereocenters. The van der Waals surface area contributed by atoms with E-state index in [1.54, 1.807) is 0 Å². The molecule has 0 saturated heterocycles. The first-order chi connectivity index (χ1) is 9.28. The van der Waals surface area contributed by atoms with Gasteiger partial charge in [-0.3, -0.25) is 0 Å². The summed E-state index contributed by atoms with van der Waals surface area (Å²) in [6.45, 7) is 4.44. The molecule has 4 heteroatoms. The van der Waals surface area contributed by atoms with Gasteiger partial charge >= 0.3 is 0 Å². The lowest BCUT2D eigenvalue weighted by molar-refractivity contribution is 0.699. The predicted molar refractivity (Wildman–Crippen MR) is 77.6 cm³/mol. The van der Waals surface area contributed by atoms with Gasteiger partial charge in [-0.2, -0.15) is 9.61 Å². The van der Waals surface area contributed by atoms with Crippen LogP contribution in [0.3, 0.4) is 0 Å². The fraction of sp³-hybridized carbons (Fsp3) is 0.600. The summed E-state index contributed by atoms with van der Waals surface area (Å²) in [6.07, 6.45) is 8.14. The van der Waals surface area contributed by atoms with Crippen LogP contribution in [0.25, 0.3) is 5.65 Å². The van der Waals surface area contributed by atoms with Gasteiger partial charge in [-0.05, 0) is 25.2 Å². The smallest absolute Gasteiger partial charge is 0.157 e. The third kappa shape index (κ3) is 2.44. The van der Waals surface area contributed by atoms with Crippen molar-refractivity contribution in [1.29, 1.82) is 0 Å². The minimum Gasteiger partial charge on any atom is -0.367 e. The Morgan fingerprint density at radius 3 is 2.95 bits per heavy atom. The van der Waals surface area contributed by atoms with Gasteiger partial charge in [0, 0.05) is 23.9 Å². The summed E-state index contributed by atoms with van der Waals surface area (Å²) in [5, 5.41) is 8.03. The number of rotatable bonds is 4. The molecule has 2 aromatic heterocycles. The first-order valence-electron chi connectivity index (χ1n) is 7.39. The SMILES string of the molecule is CCC(C)c1cc(NC2CCCC2)n2nccc2n1. The standard InChI is InChI=1S/C15H22N4/c1-3-11(2)13-10-15(17-12-6-4-5-7-12)19-14(18-13)8-9-16-19/h8-12,17H,3-7H2,1-2H3. The van der Waals surface area contributed by atoms with E-state index in [1.165, 1.54) is 25.7 Å². The highest BCUT2D eigenvalue weighted by Crippen LogP contribution is 2.25. The Hall–Kier alpha value is -1.58. The van der Waals surface area contributed by atoms with Crippen LogP contribution in [0.1, 0.15) is 57.6 Å². The van der Waals surface area contributed by atoms with Gasteiger partial charge in [-0.1, -0.05) is 26.7 Å². The molecule has 1 aliphatic carbocycles. The van der Waals surface area contributed by atoms with Crippen molar-refractivity contribution in [3.05, 3.63) is 24.0 Å². The molecule has 0 aromatic carbocycles. The Kier molecular flexibility index (Phi) is 3.40. The molecule has 4 nitrogen and oxygen atoms in total. The molecule has 0 spiro atoms. The van der Waals surface area contributed by atoms with Gasteiger partial charge in [0.15, 0.2) is 5.65 Å². The van der Waals surface area contributed by atoms with Crippen molar-refractivity contribution in [3.8, 4) is 0 Å². The van der Waals surface area contributed by atoms with Crippen LogP contribution >= 0.6 is 0 Å². The zero-order valence-corrected chi connectivity index (χ0v) is 11.8. The topological polar surface area (TPSA) is 42.2 Å². The Balaban J connectivity index is 1.97. The second-order valence-corrected chi connectivity index (χ2v) is 5.60. The maximum atomic E-state index is 4.70. The lowest BCUT2D eigenvalue weighted by atomic mass is 10.0. The quantitative estimate of drug-likeness (QED) is 0.911. The Bertz CT molecular complexity index is 554. The number of anilines is 1. The maximum Gasteiger partial charge on any atom is 0.157 e. The summed E-state index contributed by atoms with van der Waals surface area (Å²) in [4.78, 5) is 4.70. The van der Waals surface area contributed by atoms with Crippen molar-refractivity contribution in [2.75, 3.05) is 5.32 Å². The molecular weight excluding hydrogens is 236 g/mol. The average Bonchev–Trinajstić information content (AvgIpc) is 3.08. The molecule has 19 heavy (non-hydrogen) atoms. The lowest BCUT2D eigenvalue weighted by Gasteiger charge is -2.17. The lowest BCUT2D eigenvalue weighted by Crippen LogP contribution is -2.18. The van der Waals surface area contributed by atoms with Crippen LogP contribution in [0.15, 0.2) is 18.3 Å². The summed E-state index contributed by atoms with van der Waals surface area (Å²) in [5.41, 5.74) is 2.11. The molecule has 102 valence electrons. The van der Waals surface area contributed by atoms with E-state index in [1.807, 2.05) is 16.8 Å². The molecule has 2 heterocycles. The van der Waals surface area contributed by atoms with Crippen LogP contribution in [0.5, 0.6) is 0 Å². The van der Waals surface area contributed by atoms with Crippen molar-refractivity contribution in [2.45, 2.75) is 57.9 Å². The van der Waals surface area contributed by atoms with E-state index in [-0.39, 0.29) is 0 Å². The molecule has 1 N–H and O–H groups in total. The van der Waals surface area contributed by atoms with Crippen molar-refractivity contribution >= 4 is 11.5 Å². The Morgan fingerprint density at radius 1 is 1.42 bits per heavy atom. The summed E-state index contributed by atoms with van der Waals surface area (Å²) in [7, 11) is 0. The minimum atomic E-state index is 0.490. The zero-order valence-electron chi connectivity index (χ0n) is 11.8. The van der Waals surface area contributed by atoms with E-state index >= 15 is 0 Å². The van der Waals surface area contributed by atoms with Gasteiger partial charge < -0.3 is 5.32 Å². The number of nitrogens with one attached hydrogen (secondary N) is 1. The van der Waals surface area contributed by atoms with Crippen molar-refractivity contribution in [3.63, 3.8) is 0 Å². The molecule has 0 radical (unpaired) electrons. The van der Waals surface area contributed by atoms with E-state index in [2.05, 4.69) is 30.3 Å². The van der Waals surface area contributed by atoms with Gasteiger partial charge in [0.05, 0.1) is 6.20 Å².